The zero-order valence-electron chi connectivity index (χ0n) is 7.85. The highest BCUT2D eigenvalue weighted by molar-refractivity contribution is 4.62. The lowest BCUT2D eigenvalue weighted by Gasteiger charge is -2.22. The third kappa shape index (κ3) is 3.89. The Labute approximate surface area is 65.4 Å². The Morgan fingerprint density at radius 3 is 2.10 bits per heavy atom. The molecular formula is C9H21N. The van der Waals surface area contributed by atoms with Crippen molar-refractivity contribution in [1.29, 1.82) is 0 Å². The first-order valence-electron chi connectivity index (χ1n) is 4.38. The van der Waals surface area contributed by atoms with Crippen LogP contribution in [0.3, 0.4) is 0 Å². The largest absolute Gasteiger partial charge is 0.306 e. The molecule has 0 aliphatic heterocycles. The van der Waals surface area contributed by atoms with E-state index in [4.69, 9.17) is 0 Å². The highest BCUT2D eigenvalue weighted by Crippen LogP contribution is 2.08. The van der Waals surface area contributed by atoms with Crippen LogP contribution in [0.25, 0.3) is 0 Å². The topological polar surface area (TPSA) is 3.24 Å². The first-order valence-corrected chi connectivity index (χ1v) is 4.38. The molecule has 10 heavy (non-hydrogen) atoms. The molecule has 1 nitrogen and oxygen atoms in total. The van der Waals surface area contributed by atoms with E-state index >= 15 is 0 Å². The van der Waals surface area contributed by atoms with Crippen molar-refractivity contribution in [3.8, 4) is 0 Å². The third-order valence-corrected chi connectivity index (χ3v) is 2.09. The van der Waals surface area contributed by atoms with E-state index in [1.165, 1.54) is 25.7 Å². The number of hydrogen-bond acceptors (Lipinski definition) is 1. The molecule has 0 aromatic rings. The lowest BCUT2D eigenvalue weighted by molar-refractivity contribution is 0.266. The van der Waals surface area contributed by atoms with Gasteiger partial charge in [0.05, 0.1) is 0 Å². The Morgan fingerprint density at radius 2 is 1.80 bits per heavy atom. The lowest BCUT2D eigenvalue weighted by atomic mass is 10.1. The highest BCUT2D eigenvalue weighted by atomic mass is 15.1. The summed E-state index contributed by atoms with van der Waals surface area (Å²) in [5.41, 5.74) is 0. The van der Waals surface area contributed by atoms with Crippen LogP contribution >= 0.6 is 0 Å². The average molecular weight is 143 g/mol. The molecule has 0 spiro atoms. The van der Waals surface area contributed by atoms with Crippen LogP contribution < -0.4 is 0 Å². The fourth-order valence-corrected chi connectivity index (χ4v) is 1.27. The Kier molecular flexibility index (Phi) is 5.70. The molecule has 0 fully saturated rings. The Hall–Kier alpha value is -0.0400. The van der Waals surface area contributed by atoms with Crippen LogP contribution in [0.5, 0.6) is 0 Å². The number of hydrogen-bond donors (Lipinski definition) is 0. The fraction of sp³-hybridized carbons (Fsp3) is 1.00. The summed E-state index contributed by atoms with van der Waals surface area (Å²) in [6, 6.07) is 0.806. The highest BCUT2D eigenvalue weighted by Gasteiger charge is 2.06. The molecular weight excluding hydrogens is 122 g/mol. The second-order valence-electron chi connectivity index (χ2n) is 3.17. The molecule has 1 atom stereocenters. The molecule has 0 aromatic carbocycles. The minimum atomic E-state index is 0.806. The van der Waals surface area contributed by atoms with Gasteiger partial charge in [0.25, 0.3) is 0 Å². The van der Waals surface area contributed by atoms with Gasteiger partial charge in [-0.25, -0.2) is 0 Å². The molecule has 0 aromatic heterocycles. The first-order chi connectivity index (χ1) is 4.72. The van der Waals surface area contributed by atoms with Gasteiger partial charge in [-0.15, -0.1) is 0 Å². The van der Waals surface area contributed by atoms with E-state index in [2.05, 4.69) is 32.8 Å². The van der Waals surface area contributed by atoms with Crippen LogP contribution in [0.1, 0.15) is 39.5 Å². The van der Waals surface area contributed by atoms with E-state index in [1.54, 1.807) is 0 Å². The SMILES string of the molecule is CCCCC(CC)N(C)C. The fourth-order valence-electron chi connectivity index (χ4n) is 1.27. The number of nitrogens with zero attached hydrogens (tertiary/aromatic N) is 1. The summed E-state index contributed by atoms with van der Waals surface area (Å²) in [5.74, 6) is 0. The van der Waals surface area contributed by atoms with Gasteiger partial charge in [-0.05, 0) is 26.9 Å². The minimum Gasteiger partial charge on any atom is -0.306 e. The summed E-state index contributed by atoms with van der Waals surface area (Å²) in [6.45, 7) is 4.52. The summed E-state index contributed by atoms with van der Waals surface area (Å²) in [4.78, 5) is 2.33. The van der Waals surface area contributed by atoms with E-state index in [0.717, 1.165) is 6.04 Å². The predicted molar refractivity (Wildman–Crippen MR) is 47.3 cm³/mol. The van der Waals surface area contributed by atoms with E-state index in [0.29, 0.717) is 0 Å². The Bertz CT molecular complexity index is 69.1. The van der Waals surface area contributed by atoms with Crippen LogP contribution in [-0.2, 0) is 0 Å². The molecule has 0 aliphatic rings. The molecule has 1 unspecified atom stereocenters. The van der Waals surface area contributed by atoms with Crippen molar-refractivity contribution < 1.29 is 0 Å². The zero-order chi connectivity index (χ0) is 7.98. The van der Waals surface area contributed by atoms with Crippen molar-refractivity contribution in [3.63, 3.8) is 0 Å². The summed E-state index contributed by atoms with van der Waals surface area (Å²) < 4.78 is 0. The Morgan fingerprint density at radius 1 is 1.20 bits per heavy atom. The minimum absolute atomic E-state index is 0.806. The van der Waals surface area contributed by atoms with Crippen molar-refractivity contribution in [2.75, 3.05) is 14.1 Å². The first kappa shape index (κ1) is 9.96. The predicted octanol–water partition coefficient (Wildman–Crippen LogP) is 2.52. The molecule has 0 saturated carbocycles. The van der Waals surface area contributed by atoms with Gasteiger partial charge < -0.3 is 4.90 Å². The molecule has 0 bridgehead atoms. The summed E-state index contributed by atoms with van der Waals surface area (Å²) >= 11 is 0. The Balaban J connectivity index is 3.40. The summed E-state index contributed by atoms with van der Waals surface area (Å²) in [5, 5.41) is 0. The third-order valence-electron chi connectivity index (χ3n) is 2.09. The monoisotopic (exact) mass is 143 g/mol. The second kappa shape index (κ2) is 5.72. The number of rotatable bonds is 5. The van der Waals surface area contributed by atoms with E-state index in [-0.39, 0.29) is 0 Å². The maximum Gasteiger partial charge on any atom is 0.00865 e. The van der Waals surface area contributed by atoms with Crippen LogP contribution in [-0.4, -0.2) is 25.0 Å². The van der Waals surface area contributed by atoms with E-state index in [1.807, 2.05) is 0 Å². The van der Waals surface area contributed by atoms with E-state index in [9.17, 15) is 0 Å². The zero-order valence-corrected chi connectivity index (χ0v) is 7.85. The van der Waals surface area contributed by atoms with Crippen LogP contribution in [0, 0.1) is 0 Å². The van der Waals surface area contributed by atoms with Crippen molar-refractivity contribution in [1.82, 2.24) is 4.90 Å². The van der Waals surface area contributed by atoms with E-state index < -0.39 is 0 Å². The maximum absolute atomic E-state index is 2.33. The van der Waals surface area contributed by atoms with Crippen molar-refractivity contribution in [2.45, 2.75) is 45.6 Å². The molecule has 0 saturated heterocycles. The van der Waals surface area contributed by atoms with Gasteiger partial charge in [-0.3, -0.25) is 0 Å². The normalized spacial score (nSPS) is 14.1. The molecule has 0 N–H and O–H groups in total. The second-order valence-corrected chi connectivity index (χ2v) is 3.17. The van der Waals surface area contributed by atoms with Crippen molar-refractivity contribution >= 4 is 0 Å². The number of unbranched alkanes of at least 4 members (excludes halogenated alkanes) is 1. The van der Waals surface area contributed by atoms with Crippen LogP contribution in [0.2, 0.25) is 0 Å². The van der Waals surface area contributed by atoms with Gasteiger partial charge in [-0.2, -0.15) is 0 Å². The molecule has 0 amide bonds. The van der Waals surface area contributed by atoms with Crippen LogP contribution in [0.4, 0.5) is 0 Å². The lowest BCUT2D eigenvalue weighted by Crippen LogP contribution is -2.26. The van der Waals surface area contributed by atoms with Gasteiger partial charge in [0.1, 0.15) is 0 Å². The molecule has 0 radical (unpaired) electrons. The van der Waals surface area contributed by atoms with Gasteiger partial charge in [0.15, 0.2) is 0 Å². The van der Waals surface area contributed by atoms with Crippen molar-refractivity contribution in [2.24, 2.45) is 0 Å². The molecule has 0 aliphatic carbocycles. The smallest absolute Gasteiger partial charge is 0.00865 e. The van der Waals surface area contributed by atoms with Gasteiger partial charge >= 0.3 is 0 Å². The van der Waals surface area contributed by atoms with Gasteiger partial charge in [0.2, 0.25) is 0 Å². The van der Waals surface area contributed by atoms with Gasteiger partial charge in [0, 0.05) is 6.04 Å². The molecule has 62 valence electrons. The van der Waals surface area contributed by atoms with Crippen LogP contribution in [0.15, 0.2) is 0 Å². The summed E-state index contributed by atoms with van der Waals surface area (Å²) in [6.07, 6.45) is 5.34. The van der Waals surface area contributed by atoms with Gasteiger partial charge in [-0.1, -0.05) is 26.7 Å². The average Bonchev–Trinajstić information content (AvgIpc) is 1.89. The maximum atomic E-state index is 2.33. The summed E-state index contributed by atoms with van der Waals surface area (Å²) in [7, 11) is 4.34. The quantitative estimate of drug-likeness (QED) is 0.571. The standard InChI is InChI=1S/C9H21N/c1-5-7-8-9(6-2)10(3)4/h9H,5-8H2,1-4H3. The molecule has 0 heterocycles. The molecule has 0 rings (SSSR count). The van der Waals surface area contributed by atoms with Crippen molar-refractivity contribution in [3.05, 3.63) is 0 Å². The molecule has 1 heteroatoms.